The van der Waals surface area contributed by atoms with E-state index in [-0.39, 0.29) is 10.8 Å². The molecule has 0 atom stereocenters. The summed E-state index contributed by atoms with van der Waals surface area (Å²) in [4.78, 5) is 8.78. The van der Waals surface area contributed by atoms with Gasteiger partial charge in [-0.2, -0.15) is 18.7 Å². The van der Waals surface area contributed by atoms with Gasteiger partial charge in [0.25, 0.3) is 0 Å². The Kier molecular flexibility index (Phi) is 2.66. The van der Waals surface area contributed by atoms with Gasteiger partial charge in [-0.05, 0) is 10.8 Å². The van der Waals surface area contributed by atoms with E-state index in [0.717, 1.165) is 33.5 Å². The lowest BCUT2D eigenvalue weighted by Gasteiger charge is -2.26. The van der Waals surface area contributed by atoms with Gasteiger partial charge < -0.3 is 0 Å². The lowest BCUT2D eigenvalue weighted by Crippen LogP contribution is -2.16. The molecule has 0 radical (unpaired) electrons. The molecule has 0 bridgehead atoms. The molecule has 2 heterocycles. The third-order valence-electron chi connectivity index (χ3n) is 3.48. The number of aliphatic imine (C=N–C) groups is 2. The number of fused-ring (bicyclic) bond motifs is 2. The van der Waals surface area contributed by atoms with Crippen molar-refractivity contribution in [2.75, 3.05) is 0 Å². The van der Waals surface area contributed by atoms with Crippen LogP contribution in [0.25, 0.3) is 11.0 Å². The molecule has 1 aliphatic rings. The Morgan fingerprint density at radius 1 is 0.750 bits per heavy atom. The fraction of sp³-hybridized carbons (Fsp3) is 0.533. The summed E-state index contributed by atoms with van der Waals surface area (Å²) in [6.45, 7) is 13.0. The van der Waals surface area contributed by atoms with Crippen molar-refractivity contribution in [3.8, 4) is 0 Å². The molecule has 4 nitrogen and oxygen atoms in total. The van der Waals surface area contributed by atoms with E-state index >= 15 is 0 Å². The highest BCUT2D eigenvalue weighted by atomic mass is 32.1. The SMILES string of the molecule is CC(C)(C)c1c2c(c(C(C)(C)C)c3nsnc13)N=C=N2. The third-order valence-corrected chi connectivity index (χ3v) is 4.01. The first-order valence-electron chi connectivity index (χ1n) is 6.71. The van der Waals surface area contributed by atoms with Crippen molar-refractivity contribution < 1.29 is 0 Å². The van der Waals surface area contributed by atoms with Crippen molar-refractivity contribution in [2.45, 2.75) is 52.4 Å². The lowest BCUT2D eigenvalue weighted by atomic mass is 9.78. The first-order chi connectivity index (χ1) is 9.21. The zero-order valence-electron chi connectivity index (χ0n) is 12.7. The minimum Gasteiger partial charge on any atom is -0.185 e. The summed E-state index contributed by atoms with van der Waals surface area (Å²) < 4.78 is 9.08. The highest BCUT2D eigenvalue weighted by Crippen LogP contribution is 2.50. The van der Waals surface area contributed by atoms with Gasteiger partial charge in [-0.15, -0.1) is 0 Å². The van der Waals surface area contributed by atoms with Crippen LogP contribution in [0.5, 0.6) is 0 Å². The van der Waals surface area contributed by atoms with Crippen molar-refractivity contribution >= 4 is 40.1 Å². The third kappa shape index (κ3) is 1.81. The number of hydrogen-bond acceptors (Lipinski definition) is 5. The molecule has 1 aromatic heterocycles. The second-order valence-electron chi connectivity index (χ2n) is 7.23. The largest absolute Gasteiger partial charge is 0.185 e. The fourth-order valence-corrected chi connectivity index (χ4v) is 3.30. The lowest BCUT2D eigenvalue weighted by molar-refractivity contribution is 0.586. The summed E-state index contributed by atoms with van der Waals surface area (Å²) in [6.07, 6.45) is 0. The first kappa shape index (κ1) is 13.4. The van der Waals surface area contributed by atoms with E-state index in [2.05, 4.69) is 66.3 Å². The minimum atomic E-state index is -0.0560. The van der Waals surface area contributed by atoms with E-state index in [1.807, 2.05) is 0 Å². The van der Waals surface area contributed by atoms with E-state index in [4.69, 9.17) is 0 Å². The Labute approximate surface area is 123 Å². The van der Waals surface area contributed by atoms with Gasteiger partial charge in [-0.25, -0.2) is 0 Å². The zero-order valence-corrected chi connectivity index (χ0v) is 13.5. The molecule has 0 spiro atoms. The van der Waals surface area contributed by atoms with Gasteiger partial charge in [-0.1, -0.05) is 41.5 Å². The molecular weight excluding hydrogens is 268 g/mol. The molecule has 2 aromatic rings. The predicted molar refractivity (Wildman–Crippen MR) is 84.0 cm³/mol. The summed E-state index contributed by atoms with van der Waals surface area (Å²) in [5.41, 5.74) is 5.91. The molecule has 5 heteroatoms. The molecule has 0 aliphatic carbocycles. The average Bonchev–Trinajstić information content (AvgIpc) is 2.88. The van der Waals surface area contributed by atoms with Crippen LogP contribution in [0, 0.1) is 0 Å². The zero-order chi connectivity index (χ0) is 14.7. The molecule has 0 saturated heterocycles. The van der Waals surface area contributed by atoms with E-state index < -0.39 is 0 Å². The monoisotopic (exact) mass is 286 g/mol. The Hall–Kier alpha value is -1.58. The number of hydrogen-bond donors (Lipinski definition) is 0. The van der Waals surface area contributed by atoms with Crippen LogP contribution in [0.3, 0.4) is 0 Å². The minimum absolute atomic E-state index is 0.0560. The summed E-state index contributed by atoms with van der Waals surface area (Å²) in [6, 6.07) is 2.78. The Bertz CT molecular complexity index is 706. The van der Waals surface area contributed by atoms with Crippen molar-refractivity contribution in [3.05, 3.63) is 11.1 Å². The topological polar surface area (TPSA) is 50.5 Å². The number of benzene rings is 1. The highest BCUT2D eigenvalue weighted by molar-refractivity contribution is 7.00. The maximum atomic E-state index is 4.54. The molecule has 104 valence electrons. The van der Waals surface area contributed by atoms with Crippen molar-refractivity contribution in [2.24, 2.45) is 9.98 Å². The van der Waals surface area contributed by atoms with Crippen molar-refractivity contribution in [1.82, 2.24) is 8.75 Å². The summed E-state index contributed by atoms with van der Waals surface area (Å²) in [5, 5.41) is 0. The Balaban J connectivity index is 2.53. The molecule has 0 fully saturated rings. The van der Waals surface area contributed by atoms with Crippen LogP contribution in [-0.4, -0.2) is 14.8 Å². The predicted octanol–water partition coefficient (Wildman–Crippen LogP) is 4.74. The molecule has 0 unspecified atom stereocenters. The maximum Gasteiger partial charge on any atom is 0.111 e. The smallest absolute Gasteiger partial charge is 0.111 e. The fourth-order valence-electron chi connectivity index (χ4n) is 2.74. The molecule has 3 rings (SSSR count). The quantitative estimate of drug-likeness (QED) is 0.599. The van der Waals surface area contributed by atoms with Crippen molar-refractivity contribution in [1.29, 1.82) is 0 Å². The van der Waals surface area contributed by atoms with Crippen LogP contribution in [0.4, 0.5) is 11.4 Å². The summed E-state index contributed by atoms with van der Waals surface area (Å²) in [5.74, 6) is 0. The Morgan fingerprint density at radius 3 is 1.50 bits per heavy atom. The van der Waals surface area contributed by atoms with E-state index in [1.54, 1.807) is 0 Å². The normalized spacial score (nSPS) is 14.3. The van der Waals surface area contributed by atoms with E-state index in [9.17, 15) is 0 Å². The van der Waals surface area contributed by atoms with E-state index in [1.165, 1.54) is 11.7 Å². The van der Waals surface area contributed by atoms with Crippen LogP contribution in [0.1, 0.15) is 52.7 Å². The van der Waals surface area contributed by atoms with Crippen LogP contribution >= 0.6 is 11.7 Å². The highest BCUT2D eigenvalue weighted by Gasteiger charge is 2.33. The maximum absolute atomic E-state index is 4.54. The van der Waals surface area contributed by atoms with Gasteiger partial charge in [0.15, 0.2) is 0 Å². The summed E-state index contributed by atoms with van der Waals surface area (Å²) >= 11 is 1.26. The average molecular weight is 286 g/mol. The number of rotatable bonds is 0. The molecule has 1 aromatic carbocycles. The second kappa shape index (κ2) is 3.96. The standard InChI is InChI=1S/C15H18N4S/c1-14(2,3)8-10-11(17-7-16-10)9(15(4,5)6)13-12(8)18-20-19-13/h1-6H3. The van der Waals surface area contributed by atoms with E-state index in [0.29, 0.717) is 0 Å². The second-order valence-corrected chi connectivity index (χ2v) is 7.76. The molecular formula is C15H18N4S. The van der Waals surface area contributed by atoms with Gasteiger partial charge in [0.2, 0.25) is 0 Å². The first-order valence-corrected chi connectivity index (χ1v) is 7.44. The van der Waals surface area contributed by atoms with Gasteiger partial charge in [0.1, 0.15) is 28.4 Å². The van der Waals surface area contributed by atoms with Gasteiger partial charge in [-0.3, -0.25) is 0 Å². The molecule has 0 N–H and O–H groups in total. The van der Waals surface area contributed by atoms with Gasteiger partial charge in [0.05, 0.1) is 11.7 Å². The molecule has 0 amide bonds. The molecule has 0 saturated carbocycles. The van der Waals surface area contributed by atoms with Crippen LogP contribution < -0.4 is 0 Å². The van der Waals surface area contributed by atoms with Gasteiger partial charge in [0, 0.05) is 11.1 Å². The van der Waals surface area contributed by atoms with Crippen molar-refractivity contribution in [3.63, 3.8) is 0 Å². The number of nitrogens with zero attached hydrogens (tertiary/aromatic N) is 4. The van der Waals surface area contributed by atoms with Gasteiger partial charge >= 0.3 is 0 Å². The van der Waals surface area contributed by atoms with Crippen LogP contribution in [-0.2, 0) is 10.8 Å². The number of aromatic nitrogens is 2. The molecule has 1 aliphatic heterocycles. The Morgan fingerprint density at radius 2 is 1.15 bits per heavy atom. The van der Waals surface area contributed by atoms with Crippen LogP contribution in [0.15, 0.2) is 9.98 Å². The summed E-state index contributed by atoms with van der Waals surface area (Å²) in [7, 11) is 0. The molecule has 20 heavy (non-hydrogen) atoms. The van der Waals surface area contributed by atoms with Crippen LogP contribution in [0.2, 0.25) is 0 Å².